The van der Waals surface area contributed by atoms with Crippen LogP contribution in [0, 0.1) is 6.92 Å². The number of hydrogen-bond acceptors (Lipinski definition) is 3. The molecule has 0 aliphatic carbocycles. The molecule has 3 aromatic carbocycles. The van der Waals surface area contributed by atoms with Crippen LogP contribution in [-0.2, 0) is 10.0 Å². The van der Waals surface area contributed by atoms with Gasteiger partial charge in [0, 0.05) is 22.1 Å². The van der Waals surface area contributed by atoms with Gasteiger partial charge in [-0.2, -0.15) is 0 Å². The summed E-state index contributed by atoms with van der Waals surface area (Å²) in [6.07, 6.45) is 0. The van der Waals surface area contributed by atoms with Crippen molar-refractivity contribution < 1.29 is 13.2 Å². The van der Waals surface area contributed by atoms with Crippen LogP contribution < -0.4 is 15.4 Å². The van der Waals surface area contributed by atoms with Crippen molar-refractivity contribution >= 4 is 44.7 Å². The van der Waals surface area contributed by atoms with E-state index in [1.54, 1.807) is 36.4 Å². The van der Waals surface area contributed by atoms with E-state index in [9.17, 15) is 13.2 Å². The number of amides is 2. The Morgan fingerprint density at radius 2 is 1.21 bits per heavy atom. The van der Waals surface area contributed by atoms with E-state index in [-0.39, 0.29) is 4.90 Å². The quantitative estimate of drug-likeness (QED) is 0.542. The zero-order valence-corrected chi connectivity index (χ0v) is 16.5. The van der Waals surface area contributed by atoms with Gasteiger partial charge in [0.25, 0.3) is 10.0 Å². The molecule has 0 atom stereocenters. The van der Waals surface area contributed by atoms with Crippen LogP contribution >= 0.6 is 11.6 Å². The van der Waals surface area contributed by atoms with Gasteiger partial charge in [-0.1, -0.05) is 29.3 Å². The fourth-order valence-corrected chi connectivity index (χ4v) is 3.56. The summed E-state index contributed by atoms with van der Waals surface area (Å²) in [4.78, 5) is 12.1. The normalized spacial score (nSPS) is 10.9. The van der Waals surface area contributed by atoms with E-state index in [0.29, 0.717) is 22.1 Å². The topological polar surface area (TPSA) is 87.3 Å². The maximum Gasteiger partial charge on any atom is 0.323 e. The minimum Gasteiger partial charge on any atom is -0.308 e. The van der Waals surface area contributed by atoms with Crippen LogP contribution in [0.2, 0.25) is 5.02 Å². The summed E-state index contributed by atoms with van der Waals surface area (Å²) in [5.74, 6) is 0. The smallest absolute Gasteiger partial charge is 0.308 e. The molecule has 0 aliphatic rings. The Hall–Kier alpha value is -3.03. The molecule has 0 bridgehead atoms. The lowest BCUT2D eigenvalue weighted by Crippen LogP contribution is -2.19. The summed E-state index contributed by atoms with van der Waals surface area (Å²) in [6, 6.07) is 19.2. The van der Waals surface area contributed by atoms with Gasteiger partial charge in [0.2, 0.25) is 0 Å². The van der Waals surface area contributed by atoms with Crippen molar-refractivity contribution in [2.24, 2.45) is 0 Å². The summed E-state index contributed by atoms with van der Waals surface area (Å²) in [5.41, 5.74) is 2.56. The van der Waals surface area contributed by atoms with Crippen LogP contribution in [0.3, 0.4) is 0 Å². The number of rotatable bonds is 5. The second-order valence-electron chi connectivity index (χ2n) is 6.08. The lowest BCUT2D eigenvalue weighted by atomic mass is 10.2. The molecule has 28 heavy (non-hydrogen) atoms. The van der Waals surface area contributed by atoms with E-state index >= 15 is 0 Å². The largest absolute Gasteiger partial charge is 0.323 e. The summed E-state index contributed by atoms with van der Waals surface area (Å²) in [7, 11) is -3.71. The average molecular weight is 416 g/mol. The molecule has 144 valence electrons. The van der Waals surface area contributed by atoms with E-state index in [2.05, 4.69) is 15.4 Å². The zero-order valence-electron chi connectivity index (χ0n) is 14.9. The second-order valence-corrected chi connectivity index (χ2v) is 8.20. The van der Waals surface area contributed by atoms with Gasteiger partial charge in [0.1, 0.15) is 0 Å². The maximum atomic E-state index is 12.5. The highest BCUT2D eigenvalue weighted by molar-refractivity contribution is 7.92. The molecule has 3 rings (SSSR count). The Balaban J connectivity index is 1.64. The van der Waals surface area contributed by atoms with E-state index in [0.717, 1.165) is 5.56 Å². The molecule has 0 heterocycles. The Bertz CT molecular complexity index is 1070. The lowest BCUT2D eigenvalue weighted by molar-refractivity contribution is 0.262. The highest BCUT2D eigenvalue weighted by Crippen LogP contribution is 2.19. The van der Waals surface area contributed by atoms with Crippen molar-refractivity contribution in [1.82, 2.24) is 0 Å². The first kappa shape index (κ1) is 19.7. The molecular formula is C20H18ClN3O3S. The standard InChI is InChI=1S/C20H18ClN3O3S/c1-14-2-6-18(7-3-14)24-28(26,27)19-12-10-17(11-13-19)23-20(25)22-16-8-4-15(21)5-9-16/h2-13,24H,1H3,(H2,22,23,25). The van der Waals surface area contributed by atoms with Crippen LogP contribution in [0.5, 0.6) is 0 Å². The first-order valence-electron chi connectivity index (χ1n) is 8.35. The number of benzene rings is 3. The number of urea groups is 1. The van der Waals surface area contributed by atoms with Crippen molar-refractivity contribution in [3.8, 4) is 0 Å². The van der Waals surface area contributed by atoms with Crippen LogP contribution in [-0.4, -0.2) is 14.4 Å². The van der Waals surface area contributed by atoms with Gasteiger partial charge in [0.05, 0.1) is 4.90 Å². The van der Waals surface area contributed by atoms with Crippen LogP contribution in [0.25, 0.3) is 0 Å². The molecule has 0 radical (unpaired) electrons. The highest BCUT2D eigenvalue weighted by atomic mass is 35.5. The number of nitrogens with one attached hydrogen (secondary N) is 3. The van der Waals surface area contributed by atoms with Crippen molar-refractivity contribution in [1.29, 1.82) is 0 Å². The molecule has 3 aromatic rings. The number of halogens is 1. The van der Waals surface area contributed by atoms with Gasteiger partial charge < -0.3 is 10.6 Å². The first-order chi connectivity index (χ1) is 13.3. The number of hydrogen-bond donors (Lipinski definition) is 3. The Morgan fingerprint density at radius 3 is 1.75 bits per heavy atom. The number of aryl methyl sites for hydroxylation is 1. The Labute approximate surface area is 168 Å². The third-order valence-electron chi connectivity index (χ3n) is 3.83. The molecule has 0 saturated heterocycles. The first-order valence-corrected chi connectivity index (χ1v) is 10.2. The molecule has 0 fully saturated rings. The van der Waals surface area contributed by atoms with E-state index in [1.165, 1.54) is 24.3 Å². The molecule has 6 nitrogen and oxygen atoms in total. The van der Waals surface area contributed by atoms with Crippen molar-refractivity contribution in [2.45, 2.75) is 11.8 Å². The van der Waals surface area contributed by atoms with Crippen LogP contribution in [0.1, 0.15) is 5.56 Å². The van der Waals surface area contributed by atoms with E-state index < -0.39 is 16.1 Å². The molecule has 0 saturated carbocycles. The lowest BCUT2D eigenvalue weighted by Gasteiger charge is -2.10. The average Bonchev–Trinajstić information content (AvgIpc) is 2.66. The van der Waals surface area contributed by atoms with E-state index in [1.807, 2.05) is 19.1 Å². The van der Waals surface area contributed by atoms with Crippen molar-refractivity contribution in [3.05, 3.63) is 83.4 Å². The Kier molecular flexibility index (Phi) is 5.87. The number of sulfonamides is 1. The monoisotopic (exact) mass is 415 g/mol. The molecule has 0 spiro atoms. The van der Waals surface area contributed by atoms with Crippen LogP contribution in [0.15, 0.2) is 77.7 Å². The molecule has 2 amide bonds. The minimum absolute atomic E-state index is 0.0942. The van der Waals surface area contributed by atoms with Gasteiger partial charge in [-0.15, -0.1) is 0 Å². The van der Waals surface area contributed by atoms with Crippen LogP contribution in [0.4, 0.5) is 21.9 Å². The highest BCUT2D eigenvalue weighted by Gasteiger charge is 2.14. The summed E-state index contributed by atoms with van der Waals surface area (Å²) in [5, 5.41) is 5.87. The van der Waals surface area contributed by atoms with Gasteiger partial charge in [0.15, 0.2) is 0 Å². The number of carbonyl (C=O) groups is 1. The molecule has 8 heteroatoms. The minimum atomic E-state index is -3.71. The van der Waals surface area contributed by atoms with Crippen molar-refractivity contribution in [3.63, 3.8) is 0 Å². The summed E-state index contributed by atoms with van der Waals surface area (Å²) < 4.78 is 27.5. The van der Waals surface area contributed by atoms with Gasteiger partial charge in [-0.25, -0.2) is 13.2 Å². The van der Waals surface area contributed by atoms with Gasteiger partial charge in [-0.05, 0) is 67.6 Å². The molecule has 0 aliphatic heterocycles. The summed E-state index contributed by atoms with van der Waals surface area (Å²) >= 11 is 5.80. The van der Waals surface area contributed by atoms with E-state index in [4.69, 9.17) is 11.6 Å². The molecule has 0 aromatic heterocycles. The SMILES string of the molecule is Cc1ccc(NS(=O)(=O)c2ccc(NC(=O)Nc3ccc(Cl)cc3)cc2)cc1. The number of anilines is 3. The second kappa shape index (κ2) is 8.33. The fourth-order valence-electron chi connectivity index (χ4n) is 2.38. The molecule has 0 unspecified atom stereocenters. The van der Waals surface area contributed by atoms with Crippen molar-refractivity contribution in [2.75, 3.05) is 15.4 Å². The maximum absolute atomic E-state index is 12.5. The third kappa shape index (κ3) is 5.25. The Morgan fingerprint density at radius 1 is 0.750 bits per heavy atom. The zero-order chi connectivity index (χ0) is 20.1. The van der Waals surface area contributed by atoms with Gasteiger partial charge in [-0.3, -0.25) is 4.72 Å². The summed E-state index contributed by atoms with van der Waals surface area (Å²) in [6.45, 7) is 1.92. The molecule has 3 N–H and O–H groups in total. The predicted octanol–water partition coefficient (Wildman–Crippen LogP) is 5.09. The third-order valence-corrected chi connectivity index (χ3v) is 5.48. The fraction of sp³-hybridized carbons (Fsp3) is 0.0500. The molecular weight excluding hydrogens is 398 g/mol. The number of carbonyl (C=O) groups excluding carboxylic acids is 1. The predicted molar refractivity (Wildman–Crippen MR) is 113 cm³/mol. The van der Waals surface area contributed by atoms with Gasteiger partial charge >= 0.3 is 6.03 Å².